The van der Waals surface area contributed by atoms with Crippen LogP contribution in [0, 0.1) is 17.0 Å². The first kappa shape index (κ1) is 23.6. The molecule has 9 nitrogen and oxygen atoms in total. The fourth-order valence-electron chi connectivity index (χ4n) is 2.99. The van der Waals surface area contributed by atoms with Crippen molar-refractivity contribution in [3.05, 3.63) is 105 Å². The maximum atomic E-state index is 12.3. The summed E-state index contributed by atoms with van der Waals surface area (Å²) in [5.41, 5.74) is 5.34. The number of benzene rings is 3. The zero-order valence-electron chi connectivity index (χ0n) is 18.0. The van der Waals surface area contributed by atoms with Gasteiger partial charge in [0, 0.05) is 23.3 Å². The highest BCUT2D eigenvalue weighted by molar-refractivity contribution is 7.92. The number of amides is 1. The molecule has 1 amide bonds. The van der Waals surface area contributed by atoms with E-state index in [0.717, 1.165) is 17.4 Å². The molecule has 3 aromatic carbocycles. The van der Waals surface area contributed by atoms with E-state index in [-0.39, 0.29) is 17.8 Å². The standard InChI is InChI=1S/C23H22N4O5S/c1-17-6-8-18(9-7-17)16-26(33(2,31)32)21-12-10-20(11-13-21)23(28)25-24-15-19-4-3-5-22(14-19)27(29)30/h3-15H,16H2,1-2H3,(H,25,28)/b24-15-. The highest BCUT2D eigenvalue weighted by Gasteiger charge is 2.18. The first-order valence-electron chi connectivity index (χ1n) is 9.85. The van der Waals surface area contributed by atoms with Gasteiger partial charge in [0.25, 0.3) is 11.6 Å². The smallest absolute Gasteiger partial charge is 0.267 e. The van der Waals surface area contributed by atoms with Gasteiger partial charge in [-0.1, -0.05) is 42.0 Å². The monoisotopic (exact) mass is 466 g/mol. The first-order valence-corrected chi connectivity index (χ1v) is 11.7. The molecular formula is C23H22N4O5S. The van der Waals surface area contributed by atoms with Crippen LogP contribution in [0.4, 0.5) is 11.4 Å². The van der Waals surface area contributed by atoms with Crippen LogP contribution in [0.1, 0.15) is 27.0 Å². The molecule has 0 saturated heterocycles. The van der Waals surface area contributed by atoms with Gasteiger partial charge in [0.05, 0.1) is 29.6 Å². The molecule has 0 spiro atoms. The summed E-state index contributed by atoms with van der Waals surface area (Å²) in [6.45, 7) is 2.12. The van der Waals surface area contributed by atoms with Gasteiger partial charge in [-0.3, -0.25) is 19.2 Å². The Labute approximate surface area is 191 Å². The third-order valence-corrected chi connectivity index (χ3v) is 5.87. The minimum atomic E-state index is -3.55. The summed E-state index contributed by atoms with van der Waals surface area (Å²) in [5.74, 6) is -0.507. The largest absolute Gasteiger partial charge is 0.271 e. The number of nitrogens with zero attached hydrogens (tertiary/aromatic N) is 3. The molecule has 10 heteroatoms. The van der Waals surface area contributed by atoms with Crippen molar-refractivity contribution in [1.82, 2.24) is 5.43 Å². The van der Waals surface area contributed by atoms with Crippen LogP contribution in [-0.2, 0) is 16.6 Å². The second-order valence-corrected chi connectivity index (χ2v) is 9.26. The van der Waals surface area contributed by atoms with Crippen LogP contribution in [-0.4, -0.2) is 31.7 Å². The quantitative estimate of drug-likeness (QED) is 0.309. The van der Waals surface area contributed by atoms with E-state index in [4.69, 9.17) is 0 Å². The van der Waals surface area contributed by atoms with Crippen molar-refractivity contribution in [2.75, 3.05) is 10.6 Å². The number of nitrogens with one attached hydrogen (secondary N) is 1. The average Bonchev–Trinajstić information content (AvgIpc) is 2.78. The Morgan fingerprint density at radius 1 is 1.09 bits per heavy atom. The number of anilines is 1. The molecule has 0 aliphatic carbocycles. The van der Waals surface area contributed by atoms with Crippen LogP contribution in [0.25, 0.3) is 0 Å². The van der Waals surface area contributed by atoms with E-state index in [9.17, 15) is 23.3 Å². The van der Waals surface area contributed by atoms with Gasteiger partial charge in [0.2, 0.25) is 10.0 Å². The number of hydrogen-bond donors (Lipinski definition) is 1. The molecule has 0 aliphatic rings. The Hall–Kier alpha value is -4.05. The lowest BCUT2D eigenvalue weighted by atomic mass is 10.1. The van der Waals surface area contributed by atoms with Crippen LogP contribution >= 0.6 is 0 Å². The van der Waals surface area contributed by atoms with E-state index in [0.29, 0.717) is 11.3 Å². The molecule has 0 heterocycles. The minimum absolute atomic E-state index is 0.0815. The zero-order valence-corrected chi connectivity index (χ0v) is 18.8. The van der Waals surface area contributed by atoms with Crippen LogP contribution in [0.3, 0.4) is 0 Å². The van der Waals surface area contributed by atoms with Gasteiger partial charge in [0.15, 0.2) is 0 Å². The number of nitro groups is 1. The van der Waals surface area contributed by atoms with Crippen LogP contribution in [0.5, 0.6) is 0 Å². The van der Waals surface area contributed by atoms with E-state index in [2.05, 4.69) is 10.5 Å². The lowest BCUT2D eigenvalue weighted by Gasteiger charge is -2.22. The predicted octanol–water partition coefficient (Wildman–Crippen LogP) is 3.63. The first-order chi connectivity index (χ1) is 15.6. The van der Waals surface area contributed by atoms with E-state index >= 15 is 0 Å². The summed E-state index contributed by atoms with van der Waals surface area (Å²) in [6, 6.07) is 19.5. The number of rotatable bonds is 8. The molecule has 3 aromatic rings. The van der Waals surface area contributed by atoms with Crippen molar-refractivity contribution in [3.8, 4) is 0 Å². The van der Waals surface area contributed by atoms with E-state index in [1.54, 1.807) is 18.2 Å². The maximum Gasteiger partial charge on any atom is 0.271 e. The molecule has 0 fully saturated rings. The lowest BCUT2D eigenvalue weighted by molar-refractivity contribution is -0.384. The summed E-state index contributed by atoms with van der Waals surface area (Å²) in [4.78, 5) is 22.7. The number of sulfonamides is 1. The van der Waals surface area contributed by atoms with Gasteiger partial charge in [-0.25, -0.2) is 13.8 Å². The van der Waals surface area contributed by atoms with E-state index < -0.39 is 20.9 Å². The zero-order chi connectivity index (χ0) is 24.0. The topological polar surface area (TPSA) is 122 Å². The summed E-state index contributed by atoms with van der Waals surface area (Å²) in [6.07, 6.45) is 2.43. The van der Waals surface area contributed by atoms with Gasteiger partial charge in [-0.05, 0) is 36.8 Å². The number of hydrazone groups is 1. The second kappa shape index (κ2) is 10.0. The third kappa shape index (κ3) is 6.47. The van der Waals surface area contributed by atoms with Crippen molar-refractivity contribution < 1.29 is 18.1 Å². The summed E-state index contributed by atoms with van der Waals surface area (Å²) in [5, 5.41) is 14.6. The van der Waals surface area contributed by atoms with Gasteiger partial charge >= 0.3 is 0 Å². The van der Waals surface area contributed by atoms with Gasteiger partial charge < -0.3 is 0 Å². The molecule has 0 saturated carbocycles. The van der Waals surface area contributed by atoms with Gasteiger partial charge in [-0.15, -0.1) is 0 Å². The highest BCUT2D eigenvalue weighted by atomic mass is 32.2. The number of non-ortho nitro benzene ring substituents is 1. The molecule has 0 aliphatic heterocycles. The summed E-state index contributed by atoms with van der Waals surface area (Å²) >= 11 is 0. The molecular weight excluding hydrogens is 444 g/mol. The lowest BCUT2D eigenvalue weighted by Crippen LogP contribution is -2.29. The number of carbonyl (C=O) groups is 1. The highest BCUT2D eigenvalue weighted by Crippen LogP contribution is 2.21. The van der Waals surface area contributed by atoms with E-state index in [1.807, 2.05) is 31.2 Å². The van der Waals surface area contributed by atoms with Crippen LogP contribution in [0.2, 0.25) is 0 Å². The molecule has 33 heavy (non-hydrogen) atoms. The van der Waals surface area contributed by atoms with Gasteiger partial charge in [0.1, 0.15) is 0 Å². The molecule has 0 radical (unpaired) electrons. The van der Waals surface area contributed by atoms with E-state index in [1.165, 1.54) is 40.9 Å². The van der Waals surface area contributed by atoms with Crippen molar-refractivity contribution in [2.45, 2.75) is 13.5 Å². The summed E-state index contributed by atoms with van der Waals surface area (Å²) in [7, 11) is -3.55. The molecule has 0 bridgehead atoms. The van der Waals surface area contributed by atoms with Crippen LogP contribution < -0.4 is 9.73 Å². The molecule has 3 rings (SSSR count). The number of aryl methyl sites for hydroxylation is 1. The Kier molecular flexibility index (Phi) is 7.19. The number of hydrogen-bond acceptors (Lipinski definition) is 6. The van der Waals surface area contributed by atoms with Crippen molar-refractivity contribution in [3.63, 3.8) is 0 Å². The Balaban J connectivity index is 1.70. The Bertz CT molecular complexity index is 1290. The minimum Gasteiger partial charge on any atom is -0.267 e. The number of nitro benzene ring substituents is 1. The fourth-order valence-corrected chi connectivity index (χ4v) is 3.88. The second-order valence-electron chi connectivity index (χ2n) is 7.35. The fraction of sp³-hybridized carbons (Fsp3) is 0.130. The van der Waals surface area contributed by atoms with Crippen molar-refractivity contribution in [1.29, 1.82) is 0 Å². The molecule has 1 N–H and O–H groups in total. The average molecular weight is 467 g/mol. The SMILES string of the molecule is Cc1ccc(CN(c2ccc(C(=O)N/N=C\c3cccc([N+](=O)[O-])c3)cc2)S(C)(=O)=O)cc1. The molecule has 0 aromatic heterocycles. The normalized spacial score (nSPS) is 11.3. The predicted molar refractivity (Wildman–Crippen MR) is 127 cm³/mol. The van der Waals surface area contributed by atoms with Crippen LogP contribution in [0.15, 0.2) is 77.9 Å². The molecule has 0 atom stereocenters. The Morgan fingerprint density at radius 3 is 2.36 bits per heavy atom. The number of carbonyl (C=O) groups excluding carboxylic acids is 1. The molecule has 0 unspecified atom stereocenters. The summed E-state index contributed by atoms with van der Waals surface area (Å²) < 4.78 is 26.0. The van der Waals surface area contributed by atoms with Crippen molar-refractivity contribution in [2.24, 2.45) is 5.10 Å². The molecule has 170 valence electrons. The Morgan fingerprint density at radius 2 is 1.76 bits per heavy atom. The van der Waals surface area contributed by atoms with Gasteiger partial charge in [-0.2, -0.15) is 5.10 Å². The third-order valence-electron chi connectivity index (χ3n) is 4.73. The van der Waals surface area contributed by atoms with Crippen molar-refractivity contribution >= 4 is 33.5 Å². The maximum absolute atomic E-state index is 12.3.